The number of amides is 3. The van der Waals surface area contributed by atoms with E-state index in [2.05, 4.69) is 10.6 Å². The average molecular weight is 327 g/mol. The van der Waals surface area contributed by atoms with E-state index in [1.807, 2.05) is 30.3 Å². The van der Waals surface area contributed by atoms with Crippen molar-refractivity contribution < 1.29 is 14.0 Å². The van der Waals surface area contributed by atoms with Gasteiger partial charge in [-0.25, -0.2) is 4.79 Å². The molecule has 0 spiro atoms. The molecule has 2 N–H and O–H groups in total. The predicted molar refractivity (Wildman–Crippen MR) is 89.4 cm³/mol. The first-order valence-electron chi connectivity index (χ1n) is 8.13. The van der Waals surface area contributed by atoms with Crippen LogP contribution in [0.15, 0.2) is 53.1 Å². The SMILES string of the molecule is O=C(NCc1ccccc1)NC1CCN(C(=O)c2ccco2)CC1. The number of piperidine rings is 1. The molecule has 3 rings (SSSR count). The van der Waals surface area contributed by atoms with Crippen molar-refractivity contribution in [1.82, 2.24) is 15.5 Å². The Balaban J connectivity index is 1.40. The lowest BCUT2D eigenvalue weighted by molar-refractivity contribution is 0.0676. The Labute approximate surface area is 140 Å². The van der Waals surface area contributed by atoms with Crippen molar-refractivity contribution in [2.45, 2.75) is 25.4 Å². The van der Waals surface area contributed by atoms with Gasteiger partial charge in [0.05, 0.1) is 6.26 Å². The molecule has 1 aliphatic rings. The lowest BCUT2D eigenvalue weighted by Crippen LogP contribution is -2.49. The molecule has 0 aliphatic carbocycles. The van der Waals surface area contributed by atoms with Gasteiger partial charge in [0.2, 0.25) is 0 Å². The fourth-order valence-electron chi connectivity index (χ4n) is 2.80. The summed E-state index contributed by atoms with van der Waals surface area (Å²) in [5, 5.41) is 5.83. The highest BCUT2D eigenvalue weighted by molar-refractivity contribution is 5.91. The standard InChI is InChI=1S/C18H21N3O3/c22-17(16-7-4-12-24-16)21-10-8-15(9-11-21)20-18(23)19-13-14-5-2-1-3-6-14/h1-7,12,15H,8-11,13H2,(H2,19,20,23). The van der Waals surface area contributed by atoms with Crippen molar-refractivity contribution in [2.24, 2.45) is 0 Å². The molecule has 2 aromatic rings. The van der Waals surface area contributed by atoms with Gasteiger partial charge in [-0.15, -0.1) is 0 Å². The number of benzene rings is 1. The molecule has 3 amide bonds. The summed E-state index contributed by atoms with van der Waals surface area (Å²) < 4.78 is 5.14. The van der Waals surface area contributed by atoms with Crippen LogP contribution in [0.4, 0.5) is 4.79 Å². The van der Waals surface area contributed by atoms with Crippen LogP contribution in [0.5, 0.6) is 0 Å². The number of urea groups is 1. The summed E-state index contributed by atoms with van der Waals surface area (Å²) >= 11 is 0. The highest BCUT2D eigenvalue weighted by atomic mass is 16.3. The second-order valence-electron chi connectivity index (χ2n) is 5.86. The molecule has 1 aromatic heterocycles. The number of nitrogens with zero attached hydrogens (tertiary/aromatic N) is 1. The van der Waals surface area contributed by atoms with E-state index in [1.54, 1.807) is 17.0 Å². The molecular weight excluding hydrogens is 306 g/mol. The Morgan fingerprint density at radius 3 is 2.50 bits per heavy atom. The number of hydrogen-bond donors (Lipinski definition) is 2. The Kier molecular flexibility index (Phi) is 5.15. The van der Waals surface area contributed by atoms with E-state index in [0.29, 0.717) is 25.4 Å². The Bertz CT molecular complexity index is 662. The zero-order valence-electron chi connectivity index (χ0n) is 13.4. The van der Waals surface area contributed by atoms with Crippen molar-refractivity contribution in [3.05, 3.63) is 60.1 Å². The van der Waals surface area contributed by atoms with Crippen LogP contribution in [-0.2, 0) is 6.54 Å². The first kappa shape index (κ1) is 16.1. The van der Waals surface area contributed by atoms with E-state index in [-0.39, 0.29) is 18.0 Å². The van der Waals surface area contributed by atoms with E-state index in [1.165, 1.54) is 6.26 Å². The third kappa shape index (κ3) is 4.16. The van der Waals surface area contributed by atoms with Crippen LogP contribution in [0.3, 0.4) is 0 Å². The van der Waals surface area contributed by atoms with Crippen LogP contribution >= 0.6 is 0 Å². The van der Waals surface area contributed by atoms with Crippen molar-refractivity contribution >= 4 is 11.9 Å². The zero-order valence-corrected chi connectivity index (χ0v) is 13.4. The minimum atomic E-state index is -0.172. The normalized spacial score (nSPS) is 15.1. The van der Waals surface area contributed by atoms with E-state index in [9.17, 15) is 9.59 Å². The second kappa shape index (κ2) is 7.68. The van der Waals surface area contributed by atoms with Gasteiger partial charge in [0, 0.05) is 25.7 Å². The van der Waals surface area contributed by atoms with Crippen molar-refractivity contribution in [2.75, 3.05) is 13.1 Å². The lowest BCUT2D eigenvalue weighted by atomic mass is 10.0. The highest BCUT2D eigenvalue weighted by Gasteiger charge is 2.25. The van der Waals surface area contributed by atoms with E-state index in [4.69, 9.17) is 4.42 Å². The topological polar surface area (TPSA) is 74.6 Å². The minimum absolute atomic E-state index is 0.0847. The van der Waals surface area contributed by atoms with E-state index < -0.39 is 0 Å². The second-order valence-corrected chi connectivity index (χ2v) is 5.86. The smallest absolute Gasteiger partial charge is 0.315 e. The predicted octanol–water partition coefficient (Wildman–Crippen LogP) is 2.38. The first-order chi connectivity index (χ1) is 11.7. The highest BCUT2D eigenvalue weighted by Crippen LogP contribution is 2.14. The first-order valence-corrected chi connectivity index (χ1v) is 8.13. The van der Waals surface area contributed by atoms with Crippen LogP contribution in [0, 0.1) is 0 Å². The summed E-state index contributed by atoms with van der Waals surface area (Å²) in [6.45, 7) is 1.73. The number of hydrogen-bond acceptors (Lipinski definition) is 3. The van der Waals surface area contributed by atoms with E-state index in [0.717, 1.165) is 18.4 Å². The van der Waals surface area contributed by atoms with Gasteiger partial charge < -0.3 is 20.0 Å². The van der Waals surface area contributed by atoms with E-state index >= 15 is 0 Å². The van der Waals surface area contributed by atoms with Crippen LogP contribution in [0.2, 0.25) is 0 Å². The maximum Gasteiger partial charge on any atom is 0.315 e. The van der Waals surface area contributed by atoms with Gasteiger partial charge in [-0.3, -0.25) is 4.79 Å². The van der Waals surface area contributed by atoms with Gasteiger partial charge in [0.1, 0.15) is 0 Å². The molecule has 126 valence electrons. The summed E-state index contributed by atoms with van der Waals surface area (Å²) in [6.07, 6.45) is 2.98. The quantitative estimate of drug-likeness (QED) is 0.905. The molecule has 0 radical (unpaired) electrons. The molecule has 24 heavy (non-hydrogen) atoms. The maximum atomic E-state index is 12.2. The molecule has 2 heterocycles. The number of nitrogens with one attached hydrogen (secondary N) is 2. The van der Waals surface area contributed by atoms with Gasteiger partial charge >= 0.3 is 6.03 Å². The number of likely N-dealkylation sites (tertiary alicyclic amines) is 1. The molecule has 6 heteroatoms. The molecule has 0 atom stereocenters. The van der Waals surface area contributed by atoms with Crippen LogP contribution in [0.1, 0.15) is 29.0 Å². The largest absolute Gasteiger partial charge is 0.459 e. The van der Waals surface area contributed by atoms with Crippen molar-refractivity contribution in [3.8, 4) is 0 Å². The summed E-state index contributed by atoms with van der Waals surface area (Å²) in [5.41, 5.74) is 1.06. The van der Waals surface area contributed by atoms with Gasteiger partial charge in [-0.05, 0) is 30.5 Å². The van der Waals surface area contributed by atoms with Crippen LogP contribution in [0.25, 0.3) is 0 Å². The Hall–Kier alpha value is -2.76. The third-order valence-electron chi connectivity index (χ3n) is 4.15. The molecule has 0 saturated carbocycles. The number of carbonyl (C=O) groups is 2. The molecule has 0 bridgehead atoms. The minimum Gasteiger partial charge on any atom is -0.459 e. The molecule has 1 saturated heterocycles. The molecule has 1 fully saturated rings. The monoisotopic (exact) mass is 327 g/mol. The average Bonchev–Trinajstić information content (AvgIpc) is 3.16. The fraction of sp³-hybridized carbons (Fsp3) is 0.333. The molecular formula is C18H21N3O3. The Morgan fingerprint density at radius 1 is 1.08 bits per heavy atom. The molecule has 1 aliphatic heterocycles. The van der Waals surface area contributed by atoms with Crippen LogP contribution < -0.4 is 10.6 Å². The summed E-state index contributed by atoms with van der Waals surface area (Å²) in [7, 11) is 0. The maximum absolute atomic E-state index is 12.2. The molecule has 0 unspecified atom stereocenters. The summed E-state index contributed by atoms with van der Waals surface area (Å²) in [6, 6.07) is 13.1. The Morgan fingerprint density at radius 2 is 1.83 bits per heavy atom. The molecule has 1 aromatic carbocycles. The van der Waals surface area contributed by atoms with Crippen LogP contribution in [-0.4, -0.2) is 36.0 Å². The number of rotatable bonds is 4. The van der Waals surface area contributed by atoms with Gasteiger partial charge in [0.15, 0.2) is 5.76 Å². The summed E-state index contributed by atoms with van der Waals surface area (Å²) in [4.78, 5) is 25.9. The number of carbonyl (C=O) groups excluding carboxylic acids is 2. The summed E-state index contributed by atoms with van der Waals surface area (Å²) in [5.74, 6) is 0.272. The number of furan rings is 1. The van der Waals surface area contributed by atoms with Gasteiger partial charge in [-0.2, -0.15) is 0 Å². The van der Waals surface area contributed by atoms with Gasteiger partial charge in [0.25, 0.3) is 5.91 Å². The van der Waals surface area contributed by atoms with Gasteiger partial charge in [-0.1, -0.05) is 30.3 Å². The van der Waals surface area contributed by atoms with Crippen molar-refractivity contribution in [1.29, 1.82) is 0 Å². The lowest BCUT2D eigenvalue weighted by Gasteiger charge is -2.31. The molecule has 6 nitrogen and oxygen atoms in total. The fourth-order valence-corrected chi connectivity index (χ4v) is 2.80. The zero-order chi connectivity index (χ0) is 16.8. The van der Waals surface area contributed by atoms with Crippen molar-refractivity contribution in [3.63, 3.8) is 0 Å². The third-order valence-corrected chi connectivity index (χ3v) is 4.15.